The largest absolute Gasteiger partial charge is 0.463 e. The Bertz CT molecular complexity index is 1140. The Balaban J connectivity index is 1.64. The van der Waals surface area contributed by atoms with E-state index in [1.54, 1.807) is 6.92 Å². The second kappa shape index (κ2) is 9.69. The molecule has 164 valence electrons. The van der Waals surface area contributed by atoms with Crippen LogP contribution in [0.25, 0.3) is 11.4 Å². The highest BCUT2D eigenvalue weighted by molar-refractivity contribution is 7.99. The van der Waals surface area contributed by atoms with Gasteiger partial charge in [0.1, 0.15) is 0 Å². The predicted octanol–water partition coefficient (Wildman–Crippen LogP) is 3.45. The van der Waals surface area contributed by atoms with Crippen LogP contribution in [-0.2, 0) is 16.6 Å². The zero-order valence-corrected chi connectivity index (χ0v) is 18.6. The fourth-order valence-electron chi connectivity index (χ4n) is 3.49. The number of ether oxygens (including phenoxy) is 1. The van der Waals surface area contributed by atoms with Crippen molar-refractivity contribution < 1.29 is 14.3 Å². The van der Waals surface area contributed by atoms with Crippen LogP contribution in [0.4, 0.5) is 4.79 Å². The third-order valence-corrected chi connectivity index (χ3v) is 6.04. The van der Waals surface area contributed by atoms with Crippen molar-refractivity contribution in [3.8, 4) is 11.4 Å². The number of hydrogen-bond acceptors (Lipinski definition) is 6. The van der Waals surface area contributed by atoms with Gasteiger partial charge in [-0.1, -0.05) is 72.4 Å². The summed E-state index contributed by atoms with van der Waals surface area (Å²) in [4.78, 5) is 25.3. The van der Waals surface area contributed by atoms with Crippen LogP contribution in [-0.4, -0.2) is 39.1 Å². The summed E-state index contributed by atoms with van der Waals surface area (Å²) in [5.41, 5.74) is 2.64. The molecule has 0 aliphatic carbocycles. The molecule has 2 heterocycles. The summed E-state index contributed by atoms with van der Waals surface area (Å²) in [5, 5.41) is 14.9. The van der Waals surface area contributed by atoms with Gasteiger partial charge in [0, 0.05) is 24.1 Å². The fraction of sp³-hybridized carbons (Fsp3) is 0.217. The number of nitrogens with zero attached hydrogens (tertiary/aromatic N) is 3. The molecule has 2 amide bonds. The number of rotatable bonds is 7. The average Bonchev–Trinajstić information content (AvgIpc) is 3.18. The SMILES string of the molecule is CCOC(=O)C1=C(CSc2nnc(-c3ccccc3)n2C)NC(=O)N[C@H]1c1ccccc1. The lowest BCUT2D eigenvalue weighted by molar-refractivity contribution is -0.139. The minimum atomic E-state index is -0.598. The van der Waals surface area contributed by atoms with Crippen LogP contribution in [0.15, 0.2) is 77.1 Å². The van der Waals surface area contributed by atoms with E-state index < -0.39 is 12.0 Å². The molecule has 0 fully saturated rings. The zero-order chi connectivity index (χ0) is 22.5. The lowest BCUT2D eigenvalue weighted by Crippen LogP contribution is -2.46. The summed E-state index contributed by atoms with van der Waals surface area (Å²) < 4.78 is 7.20. The average molecular weight is 450 g/mol. The van der Waals surface area contributed by atoms with Gasteiger partial charge in [0.25, 0.3) is 0 Å². The molecule has 1 atom stereocenters. The number of aromatic nitrogens is 3. The molecule has 8 nitrogen and oxygen atoms in total. The van der Waals surface area contributed by atoms with Crippen molar-refractivity contribution in [3.63, 3.8) is 0 Å². The van der Waals surface area contributed by atoms with Gasteiger partial charge in [-0.3, -0.25) is 0 Å². The number of nitrogens with one attached hydrogen (secondary N) is 2. The van der Waals surface area contributed by atoms with E-state index in [0.717, 1.165) is 17.0 Å². The van der Waals surface area contributed by atoms with Gasteiger partial charge in [0.05, 0.1) is 18.2 Å². The minimum Gasteiger partial charge on any atom is -0.463 e. The summed E-state index contributed by atoms with van der Waals surface area (Å²) in [5.74, 6) is 0.600. The maximum absolute atomic E-state index is 12.9. The van der Waals surface area contributed by atoms with Gasteiger partial charge in [-0.25, -0.2) is 9.59 Å². The lowest BCUT2D eigenvalue weighted by atomic mass is 9.95. The molecule has 4 rings (SSSR count). The van der Waals surface area contributed by atoms with E-state index in [1.165, 1.54) is 11.8 Å². The number of amides is 2. The van der Waals surface area contributed by atoms with Gasteiger partial charge >= 0.3 is 12.0 Å². The lowest BCUT2D eigenvalue weighted by Gasteiger charge is -2.29. The second-order valence-electron chi connectivity index (χ2n) is 7.07. The first kappa shape index (κ1) is 21.6. The maximum Gasteiger partial charge on any atom is 0.338 e. The van der Waals surface area contributed by atoms with Crippen molar-refractivity contribution in [2.24, 2.45) is 7.05 Å². The smallest absolute Gasteiger partial charge is 0.338 e. The first-order chi connectivity index (χ1) is 15.6. The molecule has 9 heteroatoms. The van der Waals surface area contributed by atoms with E-state index in [-0.39, 0.29) is 12.6 Å². The van der Waals surface area contributed by atoms with Gasteiger partial charge < -0.3 is 19.9 Å². The molecule has 0 bridgehead atoms. The van der Waals surface area contributed by atoms with Gasteiger partial charge in [-0.2, -0.15) is 0 Å². The molecule has 0 unspecified atom stereocenters. The second-order valence-corrected chi connectivity index (χ2v) is 8.02. The fourth-order valence-corrected chi connectivity index (χ4v) is 4.37. The summed E-state index contributed by atoms with van der Waals surface area (Å²) in [6.07, 6.45) is 0. The molecule has 32 heavy (non-hydrogen) atoms. The Kier molecular flexibility index (Phi) is 6.55. The van der Waals surface area contributed by atoms with Crippen LogP contribution < -0.4 is 10.6 Å². The molecule has 0 saturated carbocycles. The first-order valence-corrected chi connectivity index (χ1v) is 11.2. The molecule has 1 aliphatic heterocycles. The van der Waals surface area contributed by atoms with Crippen molar-refractivity contribution >= 4 is 23.8 Å². The highest BCUT2D eigenvalue weighted by atomic mass is 32.2. The Morgan fingerprint density at radius 2 is 1.78 bits per heavy atom. The number of carbonyl (C=O) groups excluding carboxylic acids is 2. The molecular weight excluding hydrogens is 426 g/mol. The molecule has 0 saturated heterocycles. The third kappa shape index (κ3) is 4.52. The Hall–Kier alpha value is -3.59. The molecule has 2 aromatic carbocycles. The molecule has 3 aromatic rings. The summed E-state index contributed by atoms with van der Waals surface area (Å²) in [7, 11) is 1.89. The van der Waals surface area contributed by atoms with E-state index in [4.69, 9.17) is 4.74 Å². The van der Waals surface area contributed by atoms with Gasteiger partial charge in [0.15, 0.2) is 11.0 Å². The normalized spacial score (nSPS) is 15.8. The molecule has 0 radical (unpaired) electrons. The number of benzene rings is 2. The van der Waals surface area contributed by atoms with Crippen molar-refractivity contribution in [3.05, 3.63) is 77.5 Å². The van der Waals surface area contributed by atoms with Crippen LogP contribution >= 0.6 is 11.8 Å². The predicted molar refractivity (Wildman–Crippen MR) is 122 cm³/mol. The van der Waals surface area contributed by atoms with Crippen LogP contribution in [0.5, 0.6) is 0 Å². The number of hydrogen-bond donors (Lipinski definition) is 2. The highest BCUT2D eigenvalue weighted by Gasteiger charge is 2.33. The molecule has 2 N–H and O–H groups in total. The Morgan fingerprint density at radius 3 is 2.47 bits per heavy atom. The van der Waals surface area contributed by atoms with Crippen molar-refractivity contribution in [2.75, 3.05) is 12.4 Å². The molecule has 1 aromatic heterocycles. The van der Waals surface area contributed by atoms with E-state index in [1.807, 2.05) is 72.3 Å². The number of thioether (sulfide) groups is 1. The monoisotopic (exact) mass is 449 g/mol. The van der Waals surface area contributed by atoms with Crippen molar-refractivity contribution in [1.29, 1.82) is 0 Å². The van der Waals surface area contributed by atoms with Crippen LogP contribution in [0.3, 0.4) is 0 Å². The Labute approximate surface area is 190 Å². The number of carbonyl (C=O) groups is 2. The molecule has 0 spiro atoms. The van der Waals surface area contributed by atoms with E-state index in [0.29, 0.717) is 22.2 Å². The zero-order valence-electron chi connectivity index (χ0n) is 17.7. The number of urea groups is 1. The van der Waals surface area contributed by atoms with Gasteiger partial charge in [-0.15, -0.1) is 10.2 Å². The number of esters is 1. The minimum absolute atomic E-state index is 0.238. The Morgan fingerprint density at radius 1 is 1.09 bits per heavy atom. The van der Waals surface area contributed by atoms with Crippen LogP contribution in [0, 0.1) is 0 Å². The highest BCUT2D eigenvalue weighted by Crippen LogP contribution is 2.31. The van der Waals surface area contributed by atoms with Gasteiger partial charge in [0.2, 0.25) is 0 Å². The van der Waals surface area contributed by atoms with E-state index in [9.17, 15) is 9.59 Å². The topological polar surface area (TPSA) is 98.1 Å². The standard InChI is InChI=1S/C23H23N5O3S/c1-3-31-21(29)18-17(24-22(30)25-19(18)15-10-6-4-7-11-15)14-32-23-27-26-20(28(23)2)16-12-8-5-9-13-16/h4-13,19H,3,14H2,1-2H3,(H2,24,25,30)/t19-/m0/s1. The van der Waals surface area contributed by atoms with Crippen LogP contribution in [0.1, 0.15) is 18.5 Å². The van der Waals surface area contributed by atoms with E-state index in [2.05, 4.69) is 20.8 Å². The molecular formula is C23H23N5O3S. The van der Waals surface area contributed by atoms with Gasteiger partial charge in [-0.05, 0) is 12.5 Å². The van der Waals surface area contributed by atoms with Crippen molar-refractivity contribution in [1.82, 2.24) is 25.4 Å². The summed E-state index contributed by atoms with van der Waals surface area (Å²) >= 11 is 1.39. The van der Waals surface area contributed by atoms with E-state index >= 15 is 0 Å². The van der Waals surface area contributed by atoms with Crippen molar-refractivity contribution in [2.45, 2.75) is 18.1 Å². The van der Waals surface area contributed by atoms with Crippen LogP contribution in [0.2, 0.25) is 0 Å². The quantitative estimate of drug-likeness (QED) is 0.424. The summed E-state index contributed by atoms with van der Waals surface area (Å²) in [6, 6.07) is 18.2. The third-order valence-electron chi connectivity index (χ3n) is 4.99. The maximum atomic E-state index is 12.9. The summed E-state index contributed by atoms with van der Waals surface area (Å²) in [6.45, 7) is 1.99. The first-order valence-electron chi connectivity index (χ1n) is 10.2. The molecule has 1 aliphatic rings.